The summed E-state index contributed by atoms with van der Waals surface area (Å²) in [6, 6.07) is 0. The van der Waals surface area contributed by atoms with Gasteiger partial charge in [-0.2, -0.15) is 0 Å². The Morgan fingerprint density at radius 3 is 2.57 bits per heavy atom. The van der Waals surface area contributed by atoms with Crippen LogP contribution in [0.15, 0.2) is 0 Å². The van der Waals surface area contributed by atoms with Crippen LogP contribution in [0.3, 0.4) is 0 Å². The van der Waals surface area contributed by atoms with E-state index in [1.165, 1.54) is 12.8 Å². The molecule has 0 saturated heterocycles. The van der Waals surface area contributed by atoms with Crippen molar-refractivity contribution in [3.8, 4) is 0 Å². The molecular formula is C10H23N3O. The molecule has 4 heteroatoms. The van der Waals surface area contributed by atoms with E-state index in [2.05, 4.69) is 24.2 Å². The van der Waals surface area contributed by atoms with E-state index in [9.17, 15) is 4.79 Å². The molecule has 4 nitrogen and oxygen atoms in total. The second-order valence-corrected chi connectivity index (χ2v) is 3.66. The first-order valence-corrected chi connectivity index (χ1v) is 5.38. The topological polar surface area (TPSA) is 58.4 Å². The summed E-state index contributed by atoms with van der Waals surface area (Å²) in [5.74, 6) is 4.96. The summed E-state index contributed by atoms with van der Waals surface area (Å²) in [4.78, 5) is 13.5. The zero-order valence-corrected chi connectivity index (χ0v) is 9.55. The SMILES string of the molecule is CCCCN(CC)CC(C)C(=O)NN. The molecule has 0 aliphatic carbocycles. The Bertz CT molecular complexity index is 161. The smallest absolute Gasteiger partial charge is 0.237 e. The molecule has 84 valence electrons. The van der Waals surface area contributed by atoms with E-state index in [1.807, 2.05) is 6.92 Å². The average molecular weight is 201 g/mol. The number of hydrogen-bond acceptors (Lipinski definition) is 3. The molecule has 0 aromatic heterocycles. The summed E-state index contributed by atoms with van der Waals surface area (Å²) in [5.41, 5.74) is 2.18. The number of amides is 1. The second kappa shape index (κ2) is 7.76. The number of rotatable bonds is 7. The predicted molar refractivity (Wildman–Crippen MR) is 58.5 cm³/mol. The number of hydrogen-bond donors (Lipinski definition) is 2. The van der Waals surface area contributed by atoms with Crippen molar-refractivity contribution in [2.45, 2.75) is 33.6 Å². The average Bonchev–Trinajstić information content (AvgIpc) is 2.22. The highest BCUT2D eigenvalue weighted by Gasteiger charge is 2.14. The third-order valence-electron chi connectivity index (χ3n) is 2.40. The van der Waals surface area contributed by atoms with Crippen LogP contribution in [0.25, 0.3) is 0 Å². The molecule has 1 atom stereocenters. The van der Waals surface area contributed by atoms with Crippen LogP contribution in [0.1, 0.15) is 33.6 Å². The predicted octanol–water partition coefficient (Wildman–Crippen LogP) is 0.734. The molecule has 0 saturated carbocycles. The van der Waals surface area contributed by atoms with Gasteiger partial charge >= 0.3 is 0 Å². The lowest BCUT2D eigenvalue weighted by Gasteiger charge is -2.23. The largest absolute Gasteiger partial charge is 0.303 e. The fourth-order valence-corrected chi connectivity index (χ4v) is 1.37. The normalized spacial score (nSPS) is 12.9. The Hall–Kier alpha value is -0.610. The molecule has 14 heavy (non-hydrogen) atoms. The Kier molecular flexibility index (Phi) is 7.42. The summed E-state index contributed by atoms with van der Waals surface area (Å²) in [6.45, 7) is 9.03. The van der Waals surface area contributed by atoms with Crippen LogP contribution in [-0.4, -0.2) is 30.4 Å². The molecule has 0 heterocycles. The minimum Gasteiger partial charge on any atom is -0.303 e. The molecule has 1 amide bonds. The van der Waals surface area contributed by atoms with Crippen molar-refractivity contribution in [2.24, 2.45) is 11.8 Å². The zero-order chi connectivity index (χ0) is 11.0. The summed E-state index contributed by atoms with van der Waals surface area (Å²) in [5, 5.41) is 0. The van der Waals surface area contributed by atoms with Gasteiger partial charge in [0.1, 0.15) is 0 Å². The summed E-state index contributed by atoms with van der Waals surface area (Å²) >= 11 is 0. The second-order valence-electron chi connectivity index (χ2n) is 3.66. The van der Waals surface area contributed by atoms with Gasteiger partial charge in [0.25, 0.3) is 0 Å². The van der Waals surface area contributed by atoms with Gasteiger partial charge in [0.15, 0.2) is 0 Å². The fourth-order valence-electron chi connectivity index (χ4n) is 1.37. The first-order chi connectivity index (χ1) is 6.65. The van der Waals surface area contributed by atoms with Gasteiger partial charge in [0.05, 0.1) is 0 Å². The van der Waals surface area contributed by atoms with Gasteiger partial charge in [-0.1, -0.05) is 27.2 Å². The Labute approximate surface area is 86.8 Å². The van der Waals surface area contributed by atoms with Crippen molar-refractivity contribution in [3.63, 3.8) is 0 Å². The molecule has 1 unspecified atom stereocenters. The highest BCUT2D eigenvalue weighted by atomic mass is 16.2. The minimum absolute atomic E-state index is 0.0307. The first kappa shape index (κ1) is 13.4. The molecule has 0 spiro atoms. The van der Waals surface area contributed by atoms with E-state index in [4.69, 9.17) is 5.84 Å². The van der Waals surface area contributed by atoms with Gasteiger partial charge in [-0.25, -0.2) is 5.84 Å². The number of unbranched alkanes of at least 4 members (excludes halogenated alkanes) is 1. The lowest BCUT2D eigenvalue weighted by Crippen LogP contribution is -2.40. The summed E-state index contributed by atoms with van der Waals surface area (Å²) < 4.78 is 0. The maximum Gasteiger partial charge on any atom is 0.237 e. The van der Waals surface area contributed by atoms with Gasteiger partial charge in [0, 0.05) is 12.5 Å². The van der Waals surface area contributed by atoms with Gasteiger partial charge < -0.3 is 4.90 Å². The maximum atomic E-state index is 11.2. The summed E-state index contributed by atoms with van der Waals surface area (Å²) in [7, 11) is 0. The van der Waals surface area contributed by atoms with Gasteiger partial charge in [-0.15, -0.1) is 0 Å². The van der Waals surface area contributed by atoms with Gasteiger partial charge in [0.2, 0.25) is 5.91 Å². The molecule has 0 bridgehead atoms. The third kappa shape index (κ3) is 5.19. The Balaban J connectivity index is 3.85. The molecule has 0 aliphatic rings. The molecule has 0 radical (unpaired) electrons. The molecule has 3 N–H and O–H groups in total. The summed E-state index contributed by atoms with van der Waals surface area (Å²) in [6.07, 6.45) is 2.37. The van der Waals surface area contributed by atoms with E-state index in [1.54, 1.807) is 0 Å². The molecule has 0 aliphatic heterocycles. The van der Waals surface area contributed by atoms with Crippen molar-refractivity contribution in [3.05, 3.63) is 0 Å². The van der Waals surface area contributed by atoms with Crippen molar-refractivity contribution < 1.29 is 4.79 Å². The zero-order valence-electron chi connectivity index (χ0n) is 9.55. The lowest BCUT2D eigenvalue weighted by molar-refractivity contribution is -0.125. The number of nitrogens with one attached hydrogen (secondary N) is 1. The quantitative estimate of drug-likeness (QED) is 0.363. The number of hydrazine groups is 1. The van der Waals surface area contributed by atoms with Crippen LogP contribution in [0.2, 0.25) is 0 Å². The number of carbonyl (C=O) groups excluding carboxylic acids is 1. The number of nitrogens with two attached hydrogens (primary N) is 1. The standard InChI is InChI=1S/C10H23N3O/c1-4-6-7-13(5-2)8-9(3)10(14)12-11/h9H,4-8,11H2,1-3H3,(H,12,14). The van der Waals surface area contributed by atoms with Gasteiger partial charge in [-0.3, -0.25) is 10.2 Å². The van der Waals surface area contributed by atoms with Crippen LogP contribution < -0.4 is 11.3 Å². The molecule has 0 rings (SSSR count). The molecule has 0 aromatic rings. The molecule has 0 aromatic carbocycles. The minimum atomic E-state index is -0.0834. The highest BCUT2D eigenvalue weighted by Crippen LogP contribution is 2.01. The number of carbonyl (C=O) groups is 1. The molecular weight excluding hydrogens is 178 g/mol. The van der Waals surface area contributed by atoms with E-state index in [0.29, 0.717) is 0 Å². The van der Waals surface area contributed by atoms with E-state index >= 15 is 0 Å². The van der Waals surface area contributed by atoms with Crippen molar-refractivity contribution in [2.75, 3.05) is 19.6 Å². The molecule has 0 fully saturated rings. The van der Waals surface area contributed by atoms with E-state index < -0.39 is 0 Å². The van der Waals surface area contributed by atoms with Crippen LogP contribution in [0.4, 0.5) is 0 Å². The van der Waals surface area contributed by atoms with Crippen LogP contribution in [-0.2, 0) is 4.79 Å². The fraction of sp³-hybridized carbons (Fsp3) is 0.900. The van der Waals surface area contributed by atoms with Gasteiger partial charge in [-0.05, 0) is 19.5 Å². The van der Waals surface area contributed by atoms with Crippen molar-refractivity contribution in [1.29, 1.82) is 0 Å². The van der Waals surface area contributed by atoms with Crippen LogP contribution in [0, 0.1) is 5.92 Å². The third-order valence-corrected chi connectivity index (χ3v) is 2.40. The maximum absolute atomic E-state index is 11.2. The highest BCUT2D eigenvalue weighted by molar-refractivity contribution is 5.77. The first-order valence-electron chi connectivity index (χ1n) is 5.38. The van der Waals surface area contributed by atoms with E-state index in [0.717, 1.165) is 19.6 Å². The lowest BCUT2D eigenvalue weighted by atomic mass is 10.1. The monoisotopic (exact) mass is 201 g/mol. The van der Waals surface area contributed by atoms with E-state index in [-0.39, 0.29) is 11.8 Å². The Morgan fingerprint density at radius 1 is 1.50 bits per heavy atom. The van der Waals surface area contributed by atoms with Crippen LogP contribution in [0.5, 0.6) is 0 Å². The number of nitrogens with zero attached hydrogens (tertiary/aromatic N) is 1. The Morgan fingerprint density at radius 2 is 2.14 bits per heavy atom. The van der Waals surface area contributed by atoms with Crippen molar-refractivity contribution >= 4 is 5.91 Å². The van der Waals surface area contributed by atoms with Crippen LogP contribution >= 0.6 is 0 Å². The van der Waals surface area contributed by atoms with Crippen molar-refractivity contribution in [1.82, 2.24) is 10.3 Å².